The molecule has 0 saturated heterocycles. The molecule has 0 aliphatic carbocycles. The predicted octanol–water partition coefficient (Wildman–Crippen LogP) is 5.06. The minimum Gasteiger partial charge on any atom is -0.371 e. The van der Waals surface area contributed by atoms with Crippen LogP contribution in [-0.4, -0.2) is 11.6 Å². The molecule has 0 amide bonds. The maximum Gasteiger partial charge on any atom is 0.122 e. The van der Waals surface area contributed by atoms with Gasteiger partial charge in [0.2, 0.25) is 0 Å². The Morgan fingerprint density at radius 1 is 1.33 bits per heavy atom. The average Bonchev–Trinajstić information content (AvgIpc) is 2.85. The topological polar surface area (TPSA) is 22.1 Å². The van der Waals surface area contributed by atoms with E-state index in [4.69, 9.17) is 9.72 Å². The molecule has 0 saturated carbocycles. The lowest BCUT2D eigenvalue weighted by Crippen LogP contribution is -2.02. The van der Waals surface area contributed by atoms with Gasteiger partial charge in [-0.3, -0.25) is 0 Å². The van der Waals surface area contributed by atoms with Gasteiger partial charge in [0, 0.05) is 22.0 Å². The highest BCUT2D eigenvalue weighted by atomic mass is 79.9. The molecule has 4 heteroatoms. The van der Waals surface area contributed by atoms with Crippen molar-refractivity contribution >= 4 is 27.3 Å². The quantitative estimate of drug-likeness (QED) is 0.766. The molecule has 1 atom stereocenters. The van der Waals surface area contributed by atoms with Gasteiger partial charge in [-0.1, -0.05) is 41.1 Å². The molecule has 18 heavy (non-hydrogen) atoms. The number of hydrogen-bond donors (Lipinski definition) is 0. The van der Waals surface area contributed by atoms with Crippen LogP contribution < -0.4 is 0 Å². The van der Waals surface area contributed by atoms with Crippen LogP contribution in [0.1, 0.15) is 31.4 Å². The summed E-state index contributed by atoms with van der Waals surface area (Å²) >= 11 is 5.23. The summed E-state index contributed by atoms with van der Waals surface area (Å²) in [6, 6.07) is 8.15. The second-order valence-corrected chi connectivity index (χ2v) is 5.65. The molecule has 1 aromatic carbocycles. The van der Waals surface area contributed by atoms with Crippen LogP contribution >= 0.6 is 27.3 Å². The molecule has 1 aromatic heterocycles. The third-order valence-electron chi connectivity index (χ3n) is 2.69. The molecule has 2 nitrogen and oxygen atoms in total. The molecular weight excluding hydrogens is 310 g/mol. The summed E-state index contributed by atoms with van der Waals surface area (Å²) in [4.78, 5) is 4.69. The van der Waals surface area contributed by atoms with Crippen LogP contribution in [0.15, 0.2) is 34.1 Å². The summed E-state index contributed by atoms with van der Waals surface area (Å²) in [5.41, 5.74) is 2.15. The lowest BCUT2D eigenvalue weighted by Gasteiger charge is -2.11. The van der Waals surface area contributed by atoms with E-state index in [1.165, 1.54) is 0 Å². The summed E-state index contributed by atoms with van der Waals surface area (Å²) in [6.45, 7) is 4.87. The van der Waals surface area contributed by atoms with Gasteiger partial charge < -0.3 is 4.74 Å². The Morgan fingerprint density at radius 3 is 2.78 bits per heavy atom. The maximum absolute atomic E-state index is 5.69. The standard InChI is InChI=1S/C14H16BrNOS/c1-3-13(17-4-2)14-16-12(9-18-14)10-7-5-6-8-11(10)15/h5-9,13H,3-4H2,1-2H3. The largest absolute Gasteiger partial charge is 0.371 e. The normalized spacial score (nSPS) is 12.6. The fourth-order valence-corrected chi connectivity index (χ4v) is 3.23. The summed E-state index contributed by atoms with van der Waals surface area (Å²) in [5.74, 6) is 0. The van der Waals surface area contributed by atoms with E-state index in [-0.39, 0.29) is 6.10 Å². The van der Waals surface area contributed by atoms with Crippen molar-refractivity contribution in [3.8, 4) is 11.3 Å². The van der Waals surface area contributed by atoms with Crippen molar-refractivity contribution in [2.45, 2.75) is 26.4 Å². The van der Waals surface area contributed by atoms with E-state index in [9.17, 15) is 0 Å². The van der Waals surface area contributed by atoms with Crippen molar-refractivity contribution < 1.29 is 4.74 Å². The second kappa shape index (κ2) is 6.45. The Morgan fingerprint density at radius 2 is 2.11 bits per heavy atom. The average molecular weight is 326 g/mol. The zero-order chi connectivity index (χ0) is 13.0. The van der Waals surface area contributed by atoms with E-state index in [0.29, 0.717) is 0 Å². The number of ether oxygens (including phenoxy) is 1. The van der Waals surface area contributed by atoms with Gasteiger partial charge in [-0.25, -0.2) is 4.98 Å². The smallest absolute Gasteiger partial charge is 0.122 e. The zero-order valence-corrected chi connectivity index (χ0v) is 12.9. The highest BCUT2D eigenvalue weighted by Crippen LogP contribution is 2.32. The van der Waals surface area contributed by atoms with E-state index >= 15 is 0 Å². The zero-order valence-electron chi connectivity index (χ0n) is 10.5. The number of halogens is 1. The van der Waals surface area contributed by atoms with Crippen molar-refractivity contribution in [1.29, 1.82) is 0 Å². The second-order valence-electron chi connectivity index (χ2n) is 3.90. The summed E-state index contributed by atoms with van der Waals surface area (Å²) in [5, 5.41) is 3.15. The fourth-order valence-electron chi connectivity index (χ4n) is 1.79. The molecule has 0 spiro atoms. The molecule has 0 aliphatic rings. The highest BCUT2D eigenvalue weighted by Gasteiger charge is 2.15. The van der Waals surface area contributed by atoms with Crippen molar-refractivity contribution in [1.82, 2.24) is 4.98 Å². The molecule has 0 bridgehead atoms. The summed E-state index contributed by atoms with van der Waals surface area (Å²) in [7, 11) is 0. The monoisotopic (exact) mass is 325 g/mol. The van der Waals surface area contributed by atoms with Gasteiger partial charge in [-0.15, -0.1) is 11.3 Å². The van der Waals surface area contributed by atoms with Gasteiger partial charge in [-0.05, 0) is 19.4 Å². The van der Waals surface area contributed by atoms with Gasteiger partial charge in [0.1, 0.15) is 11.1 Å². The van der Waals surface area contributed by atoms with Crippen LogP contribution in [0.25, 0.3) is 11.3 Å². The predicted molar refractivity (Wildman–Crippen MR) is 79.9 cm³/mol. The van der Waals surface area contributed by atoms with Crippen molar-refractivity contribution in [3.63, 3.8) is 0 Å². The number of benzene rings is 1. The number of thiazole rings is 1. The number of hydrogen-bond acceptors (Lipinski definition) is 3. The van der Waals surface area contributed by atoms with Gasteiger partial charge in [0.05, 0.1) is 5.69 Å². The molecule has 1 heterocycles. The molecule has 1 unspecified atom stereocenters. The van der Waals surface area contributed by atoms with Gasteiger partial charge in [0.25, 0.3) is 0 Å². The Labute approximate surface area is 120 Å². The van der Waals surface area contributed by atoms with Crippen LogP contribution in [0.2, 0.25) is 0 Å². The van der Waals surface area contributed by atoms with Crippen molar-refractivity contribution in [2.75, 3.05) is 6.61 Å². The maximum atomic E-state index is 5.69. The Kier molecular flexibility index (Phi) is 4.92. The van der Waals surface area contributed by atoms with Crippen LogP contribution in [0.3, 0.4) is 0 Å². The lowest BCUT2D eigenvalue weighted by atomic mass is 10.2. The molecule has 0 N–H and O–H groups in total. The summed E-state index contributed by atoms with van der Waals surface area (Å²) in [6.07, 6.45) is 1.08. The van der Waals surface area contributed by atoms with Gasteiger partial charge in [-0.2, -0.15) is 0 Å². The van der Waals surface area contributed by atoms with Crippen molar-refractivity contribution in [2.24, 2.45) is 0 Å². The minimum atomic E-state index is 0.122. The van der Waals surface area contributed by atoms with Crippen molar-refractivity contribution in [3.05, 3.63) is 39.1 Å². The van der Waals surface area contributed by atoms with Crippen LogP contribution in [0.5, 0.6) is 0 Å². The minimum absolute atomic E-state index is 0.122. The Bertz CT molecular complexity index is 512. The lowest BCUT2D eigenvalue weighted by molar-refractivity contribution is 0.0597. The van der Waals surface area contributed by atoms with Crippen LogP contribution in [-0.2, 0) is 4.74 Å². The van der Waals surface area contributed by atoms with Crippen LogP contribution in [0.4, 0.5) is 0 Å². The Hall–Kier alpha value is -0.710. The Balaban J connectivity index is 2.28. The molecule has 0 fully saturated rings. The molecule has 2 rings (SSSR count). The van der Waals surface area contributed by atoms with E-state index < -0.39 is 0 Å². The number of rotatable bonds is 5. The number of aromatic nitrogens is 1. The van der Waals surface area contributed by atoms with Gasteiger partial charge >= 0.3 is 0 Å². The molecule has 0 radical (unpaired) electrons. The fraction of sp³-hybridized carbons (Fsp3) is 0.357. The molecule has 0 aliphatic heterocycles. The SMILES string of the molecule is CCOC(CC)c1nc(-c2ccccc2Br)cs1. The molecule has 2 aromatic rings. The first-order chi connectivity index (χ1) is 8.76. The van der Waals surface area contributed by atoms with Gasteiger partial charge in [0.15, 0.2) is 0 Å². The third kappa shape index (κ3) is 2.99. The van der Waals surface area contributed by atoms with E-state index in [2.05, 4.69) is 34.3 Å². The first kappa shape index (κ1) is 13.7. The van der Waals surface area contributed by atoms with E-state index in [1.54, 1.807) is 11.3 Å². The van der Waals surface area contributed by atoms with Crippen LogP contribution in [0, 0.1) is 0 Å². The third-order valence-corrected chi connectivity index (χ3v) is 4.31. The first-order valence-electron chi connectivity index (χ1n) is 6.08. The van der Waals surface area contributed by atoms with E-state index in [0.717, 1.165) is 33.8 Å². The first-order valence-corrected chi connectivity index (χ1v) is 7.75. The highest BCUT2D eigenvalue weighted by molar-refractivity contribution is 9.10. The summed E-state index contributed by atoms with van der Waals surface area (Å²) < 4.78 is 6.77. The van der Waals surface area contributed by atoms with E-state index in [1.807, 2.05) is 25.1 Å². The molecule has 96 valence electrons. The molecular formula is C14H16BrNOS. The number of nitrogens with zero attached hydrogens (tertiary/aromatic N) is 1.